The summed E-state index contributed by atoms with van der Waals surface area (Å²) in [5.74, 6) is -0.289. The van der Waals surface area contributed by atoms with Crippen LogP contribution in [-0.2, 0) is 0 Å². The van der Waals surface area contributed by atoms with Gasteiger partial charge in [0.05, 0.1) is 5.69 Å². The number of hydrogen-bond donors (Lipinski definition) is 0. The van der Waals surface area contributed by atoms with Gasteiger partial charge < -0.3 is 0 Å². The Morgan fingerprint density at radius 3 is 2.40 bits per heavy atom. The van der Waals surface area contributed by atoms with Gasteiger partial charge >= 0.3 is 0 Å². The number of benzene rings is 1. The van der Waals surface area contributed by atoms with Crippen molar-refractivity contribution in [2.24, 2.45) is 0 Å². The standard InChI is InChI=1S/C14H10Cl2FN3/c1-7-12(15)18-14-11(8(2)19-20(14)13(7)16)9-3-5-10(17)6-4-9/h3-6H,1-2H3. The first-order valence-corrected chi connectivity index (χ1v) is 6.71. The van der Waals surface area contributed by atoms with Crippen LogP contribution in [-0.4, -0.2) is 14.6 Å². The third kappa shape index (κ3) is 1.96. The van der Waals surface area contributed by atoms with Crippen molar-refractivity contribution in [1.29, 1.82) is 0 Å². The molecule has 3 rings (SSSR count). The largest absolute Gasteiger partial charge is 0.216 e. The maximum absolute atomic E-state index is 13.0. The Balaban J connectivity index is 2.36. The van der Waals surface area contributed by atoms with Gasteiger partial charge in [0.25, 0.3) is 0 Å². The molecule has 2 aromatic heterocycles. The van der Waals surface area contributed by atoms with E-state index in [0.717, 1.165) is 16.8 Å². The number of rotatable bonds is 1. The Kier molecular flexibility index (Phi) is 3.15. The molecule has 20 heavy (non-hydrogen) atoms. The Morgan fingerprint density at radius 2 is 1.75 bits per heavy atom. The second kappa shape index (κ2) is 4.72. The lowest BCUT2D eigenvalue weighted by molar-refractivity contribution is 0.628. The average Bonchev–Trinajstić information content (AvgIpc) is 2.74. The van der Waals surface area contributed by atoms with E-state index in [1.54, 1.807) is 23.6 Å². The summed E-state index contributed by atoms with van der Waals surface area (Å²) in [6.45, 7) is 3.64. The molecule has 0 atom stereocenters. The van der Waals surface area contributed by atoms with E-state index in [-0.39, 0.29) is 5.82 Å². The average molecular weight is 310 g/mol. The normalized spacial score (nSPS) is 11.2. The van der Waals surface area contributed by atoms with Gasteiger partial charge in [-0.05, 0) is 31.5 Å². The topological polar surface area (TPSA) is 30.2 Å². The fourth-order valence-corrected chi connectivity index (χ4v) is 2.56. The first-order valence-electron chi connectivity index (χ1n) is 5.96. The van der Waals surface area contributed by atoms with Crippen molar-refractivity contribution >= 4 is 28.8 Å². The molecule has 0 N–H and O–H groups in total. The number of hydrogen-bond acceptors (Lipinski definition) is 2. The fourth-order valence-electron chi connectivity index (χ4n) is 2.13. The first kappa shape index (κ1) is 13.3. The number of halogens is 3. The van der Waals surface area contributed by atoms with Crippen molar-refractivity contribution < 1.29 is 4.39 Å². The molecule has 1 aromatic carbocycles. The van der Waals surface area contributed by atoms with Crippen LogP contribution in [0.4, 0.5) is 4.39 Å². The van der Waals surface area contributed by atoms with E-state index in [0.29, 0.717) is 21.5 Å². The van der Waals surface area contributed by atoms with Crippen LogP contribution in [0.5, 0.6) is 0 Å². The highest BCUT2D eigenvalue weighted by molar-refractivity contribution is 6.34. The van der Waals surface area contributed by atoms with Crippen LogP contribution in [0.15, 0.2) is 24.3 Å². The predicted molar refractivity (Wildman–Crippen MR) is 77.9 cm³/mol. The molecular weight excluding hydrogens is 300 g/mol. The van der Waals surface area contributed by atoms with Gasteiger partial charge in [0.15, 0.2) is 5.65 Å². The zero-order chi connectivity index (χ0) is 14.4. The van der Waals surface area contributed by atoms with Crippen LogP contribution in [0.25, 0.3) is 16.8 Å². The maximum Gasteiger partial charge on any atom is 0.166 e. The van der Waals surface area contributed by atoms with Crippen LogP contribution in [0.3, 0.4) is 0 Å². The molecule has 0 saturated heterocycles. The minimum atomic E-state index is -0.289. The minimum absolute atomic E-state index is 0.289. The summed E-state index contributed by atoms with van der Waals surface area (Å²) in [6, 6.07) is 6.16. The Hall–Kier alpha value is -1.65. The third-order valence-corrected chi connectivity index (χ3v) is 3.99. The minimum Gasteiger partial charge on any atom is -0.216 e. The van der Waals surface area contributed by atoms with Gasteiger partial charge in [-0.25, -0.2) is 13.9 Å². The van der Waals surface area contributed by atoms with Crippen LogP contribution in [0.2, 0.25) is 10.3 Å². The number of aromatic nitrogens is 3. The lowest BCUT2D eigenvalue weighted by Gasteiger charge is -2.04. The van der Waals surface area contributed by atoms with Gasteiger partial charge in [-0.1, -0.05) is 35.3 Å². The van der Waals surface area contributed by atoms with Crippen LogP contribution < -0.4 is 0 Å². The number of aryl methyl sites for hydroxylation is 1. The van der Waals surface area contributed by atoms with E-state index in [9.17, 15) is 4.39 Å². The van der Waals surface area contributed by atoms with Gasteiger partial charge in [-0.3, -0.25) is 0 Å². The Labute approximate surface area is 125 Å². The molecule has 6 heteroatoms. The van der Waals surface area contributed by atoms with Crippen molar-refractivity contribution in [2.45, 2.75) is 13.8 Å². The summed E-state index contributed by atoms with van der Waals surface area (Å²) < 4.78 is 14.6. The maximum atomic E-state index is 13.0. The zero-order valence-corrected chi connectivity index (χ0v) is 12.3. The molecule has 0 aliphatic carbocycles. The molecule has 0 unspecified atom stereocenters. The zero-order valence-electron chi connectivity index (χ0n) is 10.8. The van der Waals surface area contributed by atoms with Crippen molar-refractivity contribution in [3.63, 3.8) is 0 Å². The molecular formula is C14H10Cl2FN3. The van der Waals surface area contributed by atoms with Gasteiger partial charge in [0.2, 0.25) is 0 Å². The van der Waals surface area contributed by atoms with E-state index in [1.165, 1.54) is 12.1 Å². The molecule has 0 radical (unpaired) electrons. The van der Waals surface area contributed by atoms with Crippen LogP contribution in [0.1, 0.15) is 11.3 Å². The molecule has 0 spiro atoms. The third-order valence-electron chi connectivity index (χ3n) is 3.18. The molecule has 102 valence electrons. The van der Waals surface area contributed by atoms with E-state index < -0.39 is 0 Å². The second-order valence-corrected chi connectivity index (χ2v) is 5.24. The van der Waals surface area contributed by atoms with Gasteiger partial charge in [-0.2, -0.15) is 5.10 Å². The van der Waals surface area contributed by atoms with Gasteiger partial charge in [0.1, 0.15) is 16.1 Å². The van der Waals surface area contributed by atoms with Crippen molar-refractivity contribution in [2.75, 3.05) is 0 Å². The molecule has 3 aromatic rings. The molecule has 0 saturated carbocycles. The molecule has 2 heterocycles. The lowest BCUT2D eigenvalue weighted by atomic mass is 10.1. The monoisotopic (exact) mass is 309 g/mol. The van der Waals surface area contributed by atoms with Gasteiger partial charge in [-0.15, -0.1) is 0 Å². The lowest BCUT2D eigenvalue weighted by Crippen LogP contribution is -1.96. The smallest absolute Gasteiger partial charge is 0.166 e. The van der Waals surface area contributed by atoms with E-state index >= 15 is 0 Å². The van der Waals surface area contributed by atoms with E-state index in [1.807, 2.05) is 6.92 Å². The first-order chi connectivity index (χ1) is 9.49. The highest BCUT2D eigenvalue weighted by atomic mass is 35.5. The second-order valence-electron chi connectivity index (χ2n) is 4.52. The summed E-state index contributed by atoms with van der Waals surface area (Å²) in [7, 11) is 0. The highest BCUT2D eigenvalue weighted by Crippen LogP contribution is 2.31. The molecule has 0 amide bonds. The van der Waals surface area contributed by atoms with Crippen molar-refractivity contribution in [3.8, 4) is 11.1 Å². The van der Waals surface area contributed by atoms with E-state index in [4.69, 9.17) is 23.2 Å². The highest BCUT2D eigenvalue weighted by Gasteiger charge is 2.17. The summed E-state index contributed by atoms with van der Waals surface area (Å²) in [5, 5.41) is 5.15. The Morgan fingerprint density at radius 1 is 1.10 bits per heavy atom. The molecule has 0 bridgehead atoms. The SMILES string of the molecule is Cc1nn2c(Cl)c(C)c(Cl)nc2c1-c1ccc(F)cc1. The summed E-state index contributed by atoms with van der Waals surface area (Å²) in [5.41, 5.74) is 3.62. The van der Waals surface area contributed by atoms with Gasteiger partial charge in [0, 0.05) is 11.1 Å². The molecule has 3 nitrogen and oxygen atoms in total. The van der Waals surface area contributed by atoms with Crippen LogP contribution >= 0.6 is 23.2 Å². The summed E-state index contributed by atoms with van der Waals surface area (Å²) in [6.07, 6.45) is 0. The Bertz CT molecular complexity index is 810. The summed E-state index contributed by atoms with van der Waals surface area (Å²) >= 11 is 12.3. The number of fused-ring (bicyclic) bond motifs is 1. The van der Waals surface area contributed by atoms with Crippen molar-refractivity contribution in [1.82, 2.24) is 14.6 Å². The molecule has 0 aliphatic rings. The van der Waals surface area contributed by atoms with E-state index in [2.05, 4.69) is 10.1 Å². The number of nitrogens with zero attached hydrogens (tertiary/aromatic N) is 3. The summed E-state index contributed by atoms with van der Waals surface area (Å²) in [4.78, 5) is 4.34. The fraction of sp³-hybridized carbons (Fsp3) is 0.143. The predicted octanol–water partition coefficient (Wildman–Crippen LogP) is 4.46. The van der Waals surface area contributed by atoms with Crippen molar-refractivity contribution in [3.05, 3.63) is 51.6 Å². The molecule has 0 aliphatic heterocycles. The molecule has 0 fully saturated rings. The quantitative estimate of drug-likeness (QED) is 0.621. The van der Waals surface area contributed by atoms with Crippen LogP contribution in [0, 0.1) is 19.7 Å².